The average molecular weight is 347 g/mol. The number of hydrogen-bond donors (Lipinski definition) is 2. The van der Waals surface area contributed by atoms with E-state index >= 15 is 0 Å². The first-order valence-electron chi connectivity index (χ1n) is 8.26. The Bertz CT molecular complexity index is 1170. The molecule has 0 aliphatic carbocycles. The van der Waals surface area contributed by atoms with E-state index in [0.717, 1.165) is 21.2 Å². The lowest BCUT2D eigenvalue weighted by atomic mass is 10.0. The summed E-state index contributed by atoms with van der Waals surface area (Å²) < 4.78 is 0. The second-order valence-electron chi connectivity index (χ2n) is 6.08. The zero-order valence-corrected chi connectivity index (χ0v) is 14.2. The summed E-state index contributed by atoms with van der Waals surface area (Å²) in [5.41, 5.74) is 2.36. The van der Waals surface area contributed by atoms with Crippen LogP contribution in [0, 0.1) is 6.92 Å². The van der Waals surface area contributed by atoms with Crippen molar-refractivity contribution in [1.82, 2.24) is 15.3 Å². The summed E-state index contributed by atoms with van der Waals surface area (Å²) in [7, 11) is 0. The number of amides is 1. The molecule has 0 bridgehead atoms. The average Bonchev–Trinajstić information content (AvgIpc) is 2.97. The molecule has 0 saturated carbocycles. The van der Waals surface area contributed by atoms with Gasteiger partial charge in [-0.25, -0.2) is 4.79 Å². The Kier molecular flexibility index (Phi) is 3.93. The van der Waals surface area contributed by atoms with Crippen molar-refractivity contribution in [2.75, 3.05) is 0 Å². The number of benzene rings is 3. The number of carbonyl (C=O) groups is 1. The molecule has 0 aliphatic heterocycles. The van der Waals surface area contributed by atoms with Crippen LogP contribution in [0.3, 0.4) is 0 Å². The Labute approximate surface area is 148 Å². The van der Waals surface area contributed by atoms with Crippen molar-refractivity contribution in [2.45, 2.75) is 13.5 Å². The minimum absolute atomic E-state index is 0.300. The number of H-pyrrole nitrogens is 1. The molecule has 0 saturated heterocycles. The van der Waals surface area contributed by atoms with Crippen molar-refractivity contribution in [3.05, 3.63) is 82.1 Å². The molecule has 0 fully saturated rings. The highest BCUT2D eigenvalue weighted by Crippen LogP contribution is 2.22. The van der Waals surface area contributed by atoms with Gasteiger partial charge in [0.1, 0.15) is 0 Å². The van der Waals surface area contributed by atoms with E-state index < -0.39 is 11.7 Å². The number of aryl methyl sites for hydroxylation is 1. The first-order valence-corrected chi connectivity index (χ1v) is 8.26. The molecule has 6 nitrogen and oxygen atoms in total. The van der Waals surface area contributed by atoms with E-state index in [9.17, 15) is 9.59 Å². The van der Waals surface area contributed by atoms with Gasteiger partial charge in [0, 0.05) is 6.54 Å². The number of rotatable bonds is 3. The van der Waals surface area contributed by atoms with Gasteiger partial charge in [-0.2, -0.15) is 0 Å². The third-order valence-electron chi connectivity index (χ3n) is 4.39. The zero-order chi connectivity index (χ0) is 18.1. The van der Waals surface area contributed by atoms with Gasteiger partial charge in [0.2, 0.25) is 0 Å². The normalized spacial score (nSPS) is 11.0. The lowest BCUT2D eigenvalue weighted by Crippen LogP contribution is -2.36. The first kappa shape index (κ1) is 16.0. The molecule has 130 valence electrons. The van der Waals surface area contributed by atoms with Crippen LogP contribution in [0.4, 0.5) is 4.79 Å². The van der Waals surface area contributed by atoms with E-state index in [0.29, 0.717) is 17.4 Å². The van der Waals surface area contributed by atoms with E-state index in [2.05, 4.69) is 23.4 Å². The highest BCUT2D eigenvalue weighted by molar-refractivity contribution is 5.88. The van der Waals surface area contributed by atoms with Crippen molar-refractivity contribution in [3.63, 3.8) is 0 Å². The zero-order valence-electron chi connectivity index (χ0n) is 14.2. The SMILES string of the molecule is Cc1ccc(CNC(=O)On2[nH]c3ccccc3c2=O)c2ccccc12. The van der Waals surface area contributed by atoms with E-state index in [1.54, 1.807) is 24.3 Å². The molecule has 4 rings (SSSR count). The fraction of sp³-hybridized carbons (Fsp3) is 0.100. The van der Waals surface area contributed by atoms with Gasteiger partial charge in [-0.3, -0.25) is 14.7 Å². The van der Waals surface area contributed by atoms with E-state index in [4.69, 9.17) is 4.84 Å². The van der Waals surface area contributed by atoms with Crippen LogP contribution in [-0.2, 0) is 6.54 Å². The summed E-state index contributed by atoms with van der Waals surface area (Å²) in [6.07, 6.45) is -0.705. The summed E-state index contributed by atoms with van der Waals surface area (Å²) in [4.78, 5) is 30.2. The van der Waals surface area contributed by atoms with Crippen molar-refractivity contribution in [2.24, 2.45) is 0 Å². The molecule has 0 aliphatic rings. The molecular weight excluding hydrogens is 330 g/mol. The molecule has 4 aromatic rings. The maximum absolute atomic E-state index is 12.2. The minimum atomic E-state index is -0.705. The van der Waals surface area contributed by atoms with Crippen LogP contribution < -0.4 is 15.7 Å². The predicted molar refractivity (Wildman–Crippen MR) is 100 cm³/mol. The van der Waals surface area contributed by atoms with E-state index in [-0.39, 0.29) is 0 Å². The van der Waals surface area contributed by atoms with E-state index in [1.807, 2.05) is 30.3 Å². The van der Waals surface area contributed by atoms with Crippen molar-refractivity contribution in [1.29, 1.82) is 0 Å². The predicted octanol–water partition coefficient (Wildman–Crippen LogP) is 3.13. The fourth-order valence-electron chi connectivity index (χ4n) is 3.05. The summed E-state index contributed by atoms with van der Waals surface area (Å²) in [6.45, 7) is 2.35. The summed E-state index contributed by atoms with van der Waals surface area (Å²) in [6, 6.07) is 19.0. The fourth-order valence-corrected chi connectivity index (χ4v) is 3.05. The summed E-state index contributed by atoms with van der Waals surface area (Å²) in [5.74, 6) is 0. The minimum Gasteiger partial charge on any atom is -0.315 e. The number of nitrogens with one attached hydrogen (secondary N) is 2. The van der Waals surface area contributed by atoms with Crippen LogP contribution in [0.5, 0.6) is 0 Å². The van der Waals surface area contributed by atoms with Gasteiger partial charge < -0.3 is 5.32 Å². The number of hydrogen-bond acceptors (Lipinski definition) is 3. The number of para-hydroxylation sites is 1. The third kappa shape index (κ3) is 2.82. The largest absolute Gasteiger partial charge is 0.433 e. The van der Waals surface area contributed by atoms with Gasteiger partial charge in [0.25, 0.3) is 0 Å². The molecular formula is C20H17N3O3. The molecule has 3 aromatic carbocycles. The second kappa shape index (κ2) is 6.40. The van der Waals surface area contributed by atoms with Gasteiger partial charge >= 0.3 is 11.7 Å². The summed E-state index contributed by atoms with van der Waals surface area (Å²) >= 11 is 0. The molecule has 0 unspecified atom stereocenters. The van der Waals surface area contributed by atoms with E-state index in [1.165, 1.54) is 5.56 Å². The summed E-state index contributed by atoms with van der Waals surface area (Å²) in [5, 5.41) is 8.13. The monoisotopic (exact) mass is 347 g/mol. The maximum atomic E-state index is 12.2. The molecule has 1 aromatic heterocycles. The van der Waals surface area contributed by atoms with Crippen LogP contribution in [0.15, 0.2) is 65.5 Å². The van der Waals surface area contributed by atoms with Crippen LogP contribution in [0.2, 0.25) is 0 Å². The van der Waals surface area contributed by atoms with Gasteiger partial charge in [-0.05, 0) is 41.0 Å². The van der Waals surface area contributed by atoms with Crippen LogP contribution in [0.1, 0.15) is 11.1 Å². The highest BCUT2D eigenvalue weighted by atomic mass is 16.7. The number of carbonyl (C=O) groups excluding carboxylic acids is 1. The third-order valence-corrected chi connectivity index (χ3v) is 4.39. The maximum Gasteiger partial charge on any atom is 0.433 e. The Morgan fingerprint density at radius 1 is 1.00 bits per heavy atom. The number of fused-ring (bicyclic) bond motifs is 2. The molecule has 26 heavy (non-hydrogen) atoms. The Hall–Kier alpha value is -3.54. The topological polar surface area (TPSA) is 76.1 Å². The molecule has 0 spiro atoms. The lowest BCUT2D eigenvalue weighted by molar-refractivity contribution is 0.112. The number of aromatic amines is 1. The molecule has 0 atom stereocenters. The number of nitrogens with zero attached hydrogens (tertiary/aromatic N) is 1. The first-order chi connectivity index (χ1) is 12.6. The Balaban J connectivity index is 1.52. The molecule has 1 amide bonds. The second-order valence-corrected chi connectivity index (χ2v) is 6.08. The van der Waals surface area contributed by atoms with Crippen molar-refractivity contribution < 1.29 is 9.63 Å². The van der Waals surface area contributed by atoms with Crippen molar-refractivity contribution in [3.8, 4) is 0 Å². The standard InChI is InChI=1S/C20H17N3O3/c1-13-10-11-14(16-7-3-2-6-15(13)16)12-21-20(25)26-23-19(24)17-8-4-5-9-18(17)22-23/h2-11,22H,12H2,1H3,(H,21,25). The number of aromatic nitrogens is 2. The quantitative estimate of drug-likeness (QED) is 0.598. The van der Waals surface area contributed by atoms with Gasteiger partial charge in [0.05, 0.1) is 10.9 Å². The van der Waals surface area contributed by atoms with Gasteiger partial charge in [-0.15, -0.1) is 0 Å². The smallest absolute Gasteiger partial charge is 0.315 e. The van der Waals surface area contributed by atoms with Crippen molar-refractivity contribution >= 4 is 27.8 Å². The molecule has 0 radical (unpaired) electrons. The molecule has 2 N–H and O–H groups in total. The lowest BCUT2D eigenvalue weighted by Gasteiger charge is -2.10. The molecule has 1 heterocycles. The molecule has 6 heteroatoms. The van der Waals surface area contributed by atoms with Gasteiger partial charge in [0.15, 0.2) is 0 Å². The van der Waals surface area contributed by atoms with Gasteiger partial charge in [-0.1, -0.05) is 53.4 Å². The van der Waals surface area contributed by atoms with Crippen LogP contribution >= 0.6 is 0 Å². The Morgan fingerprint density at radius 3 is 2.46 bits per heavy atom. The van der Waals surface area contributed by atoms with Crippen LogP contribution in [0.25, 0.3) is 21.7 Å². The van der Waals surface area contributed by atoms with Crippen LogP contribution in [-0.4, -0.2) is 16.0 Å². The highest BCUT2D eigenvalue weighted by Gasteiger charge is 2.11. The Morgan fingerprint density at radius 2 is 1.69 bits per heavy atom.